The summed E-state index contributed by atoms with van der Waals surface area (Å²) >= 11 is 3.05. The van der Waals surface area contributed by atoms with Crippen LogP contribution in [0, 0.1) is 0 Å². The third-order valence-electron chi connectivity index (χ3n) is 3.22. The van der Waals surface area contributed by atoms with Gasteiger partial charge in [-0.05, 0) is 35.3 Å². The molecule has 1 aromatic heterocycles. The molecule has 0 bridgehead atoms. The van der Waals surface area contributed by atoms with Gasteiger partial charge in [-0.1, -0.05) is 30.3 Å². The molecule has 5 nitrogen and oxygen atoms in total. The summed E-state index contributed by atoms with van der Waals surface area (Å²) in [7, 11) is 0. The van der Waals surface area contributed by atoms with Gasteiger partial charge in [0, 0.05) is 6.07 Å². The van der Waals surface area contributed by atoms with Crippen LogP contribution in [0.15, 0.2) is 41.0 Å². The minimum Gasteiger partial charge on any atom is -0.445 e. The second-order valence-electron chi connectivity index (χ2n) is 6.08. The zero-order valence-electron chi connectivity index (χ0n) is 13.6. The van der Waals surface area contributed by atoms with Crippen molar-refractivity contribution in [3.05, 3.63) is 52.3 Å². The number of carbonyl (C=O) groups excluding carboxylic acids is 1. The fourth-order valence-electron chi connectivity index (χ4n) is 2.09. The Morgan fingerprint density at radius 1 is 1.28 bits per heavy atom. The number of nitrogens with zero attached hydrogens (tertiary/aromatic N) is 2. The van der Waals surface area contributed by atoms with Gasteiger partial charge in [0.25, 0.3) is 0 Å². The summed E-state index contributed by atoms with van der Waals surface area (Å²) < 4.78 is 44.5. The van der Waals surface area contributed by atoms with Crippen LogP contribution in [0.25, 0.3) is 0 Å². The minimum absolute atomic E-state index is 0.0318. The number of ether oxygens (including phenoxy) is 1. The molecule has 1 aromatic carbocycles. The van der Waals surface area contributed by atoms with Crippen LogP contribution in [0.4, 0.5) is 18.0 Å². The summed E-state index contributed by atoms with van der Waals surface area (Å²) in [6.45, 7) is 3.47. The maximum absolute atomic E-state index is 12.7. The first-order valence-electron chi connectivity index (χ1n) is 7.36. The van der Waals surface area contributed by atoms with Crippen molar-refractivity contribution in [2.45, 2.75) is 38.7 Å². The van der Waals surface area contributed by atoms with Gasteiger partial charge in [0.2, 0.25) is 0 Å². The number of amides is 1. The zero-order chi connectivity index (χ0) is 18.7. The molecular weight excluding hydrogens is 403 g/mol. The number of hydrogen-bond acceptors (Lipinski definition) is 3. The molecule has 0 radical (unpaired) electrons. The summed E-state index contributed by atoms with van der Waals surface area (Å²) in [6.07, 6.45) is -5.19. The van der Waals surface area contributed by atoms with Crippen LogP contribution in [-0.4, -0.2) is 21.4 Å². The van der Waals surface area contributed by atoms with E-state index < -0.39 is 23.5 Å². The molecule has 1 heterocycles. The molecule has 1 amide bonds. The van der Waals surface area contributed by atoms with Gasteiger partial charge in [0.15, 0.2) is 5.69 Å². The topological polar surface area (TPSA) is 56.2 Å². The molecule has 1 N–H and O–H groups in total. The monoisotopic (exact) mass is 419 g/mol. The molecule has 2 rings (SSSR count). The van der Waals surface area contributed by atoms with Crippen LogP contribution < -0.4 is 5.32 Å². The highest BCUT2D eigenvalue weighted by molar-refractivity contribution is 9.10. The third-order valence-corrected chi connectivity index (χ3v) is 3.86. The van der Waals surface area contributed by atoms with Gasteiger partial charge in [0.05, 0.1) is 12.1 Å². The number of carbonyl (C=O) groups is 1. The van der Waals surface area contributed by atoms with Gasteiger partial charge < -0.3 is 10.1 Å². The Balaban J connectivity index is 1.95. The number of benzene rings is 1. The Labute approximate surface area is 151 Å². The average molecular weight is 420 g/mol. The molecule has 9 heteroatoms. The Morgan fingerprint density at radius 3 is 2.48 bits per heavy atom. The molecule has 2 aromatic rings. The number of alkyl carbamates (subject to hydrolysis) is 1. The Bertz CT molecular complexity index is 730. The molecule has 0 saturated carbocycles. The van der Waals surface area contributed by atoms with E-state index in [1.165, 1.54) is 0 Å². The molecular formula is C16H17BrF3N3O2. The molecule has 0 unspecified atom stereocenters. The number of aromatic nitrogens is 2. The summed E-state index contributed by atoms with van der Waals surface area (Å²) in [4.78, 5) is 11.9. The van der Waals surface area contributed by atoms with Crippen LogP contribution >= 0.6 is 15.9 Å². The van der Waals surface area contributed by atoms with Crippen molar-refractivity contribution in [3.63, 3.8) is 0 Å². The first-order valence-corrected chi connectivity index (χ1v) is 8.15. The van der Waals surface area contributed by atoms with E-state index in [9.17, 15) is 18.0 Å². The normalized spacial score (nSPS) is 12.1. The fraction of sp³-hybridized carbons (Fsp3) is 0.375. The van der Waals surface area contributed by atoms with Crippen molar-refractivity contribution >= 4 is 22.0 Å². The van der Waals surface area contributed by atoms with Gasteiger partial charge in [-0.15, -0.1) is 0 Å². The molecule has 136 valence electrons. The molecule has 0 atom stereocenters. The predicted octanol–water partition coefficient (Wildman–Crippen LogP) is 4.37. The molecule has 0 aliphatic carbocycles. The number of halogens is 4. The van der Waals surface area contributed by atoms with E-state index in [2.05, 4.69) is 26.3 Å². The zero-order valence-corrected chi connectivity index (χ0v) is 15.2. The van der Waals surface area contributed by atoms with E-state index in [1.54, 1.807) is 13.8 Å². The lowest BCUT2D eigenvalue weighted by Gasteiger charge is -2.26. The van der Waals surface area contributed by atoms with Crippen LogP contribution in [0.3, 0.4) is 0 Å². The van der Waals surface area contributed by atoms with Crippen molar-refractivity contribution in [2.24, 2.45) is 0 Å². The highest BCUT2D eigenvalue weighted by Gasteiger charge is 2.35. The van der Waals surface area contributed by atoms with E-state index in [-0.39, 0.29) is 17.8 Å². The standard InChI is InChI=1S/C16H17BrF3N3O2/c1-15(2,10-23-13(17)8-12(22-23)16(18,19)20)21-14(24)25-9-11-6-4-3-5-7-11/h3-8H,9-10H2,1-2H3,(H,21,24). The lowest BCUT2D eigenvalue weighted by molar-refractivity contribution is -0.141. The summed E-state index contributed by atoms with van der Waals surface area (Å²) in [5, 5.41) is 6.15. The molecule has 0 saturated heterocycles. The first kappa shape index (κ1) is 19.3. The largest absolute Gasteiger partial charge is 0.445 e. The van der Waals surface area contributed by atoms with Crippen molar-refractivity contribution in [1.82, 2.24) is 15.1 Å². The molecule has 0 fully saturated rings. The minimum atomic E-state index is -4.53. The maximum Gasteiger partial charge on any atom is 0.435 e. The highest BCUT2D eigenvalue weighted by Crippen LogP contribution is 2.30. The first-order chi connectivity index (χ1) is 11.6. The van der Waals surface area contributed by atoms with Crippen molar-refractivity contribution < 1.29 is 22.7 Å². The van der Waals surface area contributed by atoms with Crippen LogP contribution in [0.1, 0.15) is 25.1 Å². The van der Waals surface area contributed by atoms with Crippen molar-refractivity contribution in [1.29, 1.82) is 0 Å². The second-order valence-corrected chi connectivity index (χ2v) is 6.89. The second kappa shape index (κ2) is 7.47. The highest BCUT2D eigenvalue weighted by atomic mass is 79.9. The number of alkyl halides is 3. The number of hydrogen-bond donors (Lipinski definition) is 1. The summed E-state index contributed by atoms with van der Waals surface area (Å²) in [5.74, 6) is 0. The quantitative estimate of drug-likeness (QED) is 0.782. The van der Waals surface area contributed by atoms with E-state index in [4.69, 9.17) is 4.74 Å². The van der Waals surface area contributed by atoms with E-state index in [0.29, 0.717) is 0 Å². The third kappa shape index (κ3) is 5.77. The lowest BCUT2D eigenvalue weighted by Crippen LogP contribution is -2.47. The van der Waals surface area contributed by atoms with Gasteiger partial charge in [0.1, 0.15) is 11.2 Å². The van der Waals surface area contributed by atoms with E-state index in [1.807, 2.05) is 30.3 Å². The van der Waals surface area contributed by atoms with E-state index in [0.717, 1.165) is 16.3 Å². The summed E-state index contributed by atoms with van der Waals surface area (Å²) in [6, 6.07) is 10.0. The Hall–Kier alpha value is -2.03. The fourth-order valence-corrected chi connectivity index (χ4v) is 2.51. The van der Waals surface area contributed by atoms with Gasteiger partial charge in [-0.2, -0.15) is 18.3 Å². The van der Waals surface area contributed by atoms with Crippen LogP contribution in [0.2, 0.25) is 0 Å². The molecule has 25 heavy (non-hydrogen) atoms. The predicted molar refractivity (Wildman–Crippen MR) is 88.8 cm³/mol. The molecule has 0 spiro atoms. The van der Waals surface area contributed by atoms with Gasteiger partial charge in [-0.25, -0.2) is 4.79 Å². The number of rotatable bonds is 5. The Kier molecular flexibility index (Phi) is 5.76. The molecule has 0 aliphatic rings. The Morgan fingerprint density at radius 2 is 1.92 bits per heavy atom. The SMILES string of the molecule is CC(C)(Cn1nc(C(F)(F)F)cc1Br)NC(=O)OCc1ccccc1. The van der Waals surface area contributed by atoms with Crippen molar-refractivity contribution in [3.8, 4) is 0 Å². The van der Waals surface area contributed by atoms with Gasteiger partial charge >= 0.3 is 12.3 Å². The summed E-state index contributed by atoms with van der Waals surface area (Å²) in [5.41, 5.74) is -1.03. The average Bonchev–Trinajstić information content (AvgIpc) is 2.86. The molecule has 0 aliphatic heterocycles. The van der Waals surface area contributed by atoms with Crippen molar-refractivity contribution in [2.75, 3.05) is 0 Å². The van der Waals surface area contributed by atoms with E-state index >= 15 is 0 Å². The van der Waals surface area contributed by atoms with Gasteiger partial charge in [-0.3, -0.25) is 4.68 Å². The number of nitrogens with one attached hydrogen (secondary N) is 1. The smallest absolute Gasteiger partial charge is 0.435 e. The maximum atomic E-state index is 12.7. The van der Waals surface area contributed by atoms with Crippen LogP contribution in [0.5, 0.6) is 0 Å². The lowest BCUT2D eigenvalue weighted by atomic mass is 10.1. The van der Waals surface area contributed by atoms with Crippen LogP contribution in [-0.2, 0) is 24.1 Å².